The van der Waals surface area contributed by atoms with Gasteiger partial charge in [-0.05, 0) is 67.6 Å². The zero-order chi connectivity index (χ0) is 33.6. The van der Waals surface area contributed by atoms with Crippen molar-refractivity contribution in [3.8, 4) is 11.5 Å². The molecular formula is C38H33ClN2O5S2. The Morgan fingerprint density at radius 2 is 1.69 bits per heavy atom. The summed E-state index contributed by atoms with van der Waals surface area (Å²) in [7, 11) is 0. The van der Waals surface area contributed by atoms with Crippen molar-refractivity contribution < 1.29 is 19.0 Å². The number of fused-ring (bicyclic) bond motifs is 1. The van der Waals surface area contributed by atoms with E-state index in [1.54, 1.807) is 23.3 Å². The Hall–Kier alpha value is -4.57. The number of benzene rings is 4. The topological polar surface area (TPSA) is 79.1 Å². The molecular weight excluding hydrogens is 664 g/mol. The maximum Gasteiger partial charge on any atom is 0.338 e. The molecule has 0 saturated heterocycles. The first-order valence-electron chi connectivity index (χ1n) is 15.5. The minimum Gasteiger partial charge on any atom is -0.490 e. The van der Waals surface area contributed by atoms with E-state index in [0.29, 0.717) is 43.7 Å². The van der Waals surface area contributed by atoms with Gasteiger partial charge in [0.25, 0.3) is 5.56 Å². The van der Waals surface area contributed by atoms with Gasteiger partial charge in [-0.1, -0.05) is 89.7 Å². The number of aromatic nitrogens is 1. The van der Waals surface area contributed by atoms with E-state index in [9.17, 15) is 9.59 Å². The molecule has 0 saturated carbocycles. The van der Waals surface area contributed by atoms with Crippen molar-refractivity contribution in [3.63, 3.8) is 0 Å². The average Bonchev–Trinajstić information content (AvgIpc) is 3.42. The molecule has 48 heavy (non-hydrogen) atoms. The Kier molecular flexibility index (Phi) is 10.5. The number of nitrogens with zero attached hydrogens (tertiary/aromatic N) is 2. The number of ether oxygens (including phenoxy) is 3. The fraction of sp³-hybridized carbons (Fsp3) is 0.184. The summed E-state index contributed by atoms with van der Waals surface area (Å²) in [5.74, 6) is 0.603. The molecule has 1 aliphatic rings. The van der Waals surface area contributed by atoms with Crippen LogP contribution in [-0.4, -0.2) is 30.0 Å². The zero-order valence-corrected chi connectivity index (χ0v) is 29.0. The first-order valence-corrected chi connectivity index (χ1v) is 17.9. The number of carbonyl (C=O) groups is 1. The van der Waals surface area contributed by atoms with Gasteiger partial charge in [-0.25, -0.2) is 9.79 Å². The Balaban J connectivity index is 1.48. The third-order valence-electron chi connectivity index (χ3n) is 7.71. The van der Waals surface area contributed by atoms with E-state index in [1.165, 1.54) is 11.3 Å². The number of hydrogen-bond acceptors (Lipinski definition) is 8. The van der Waals surface area contributed by atoms with Crippen LogP contribution >= 0.6 is 34.7 Å². The van der Waals surface area contributed by atoms with Gasteiger partial charge >= 0.3 is 5.97 Å². The SMILES string of the molecule is CCOC(=O)C1=C(c2ccccc2)N=c2s/c(=C\c3ccc(OCc4ccccc4Cl)c(OCC)c3)c(=O)n2[C@H]1c1ccc(SC)cc1. The summed E-state index contributed by atoms with van der Waals surface area (Å²) in [4.78, 5) is 34.5. The molecule has 0 N–H and O–H groups in total. The van der Waals surface area contributed by atoms with Crippen LogP contribution in [0.25, 0.3) is 11.8 Å². The van der Waals surface area contributed by atoms with Crippen molar-refractivity contribution in [2.75, 3.05) is 19.5 Å². The molecule has 6 rings (SSSR count). The number of halogens is 1. The highest BCUT2D eigenvalue weighted by molar-refractivity contribution is 7.98. The second-order valence-electron chi connectivity index (χ2n) is 10.7. The molecule has 1 aromatic heterocycles. The maximum absolute atomic E-state index is 14.3. The molecule has 7 nitrogen and oxygen atoms in total. The number of hydrogen-bond donors (Lipinski definition) is 0. The molecule has 1 atom stereocenters. The van der Waals surface area contributed by atoms with E-state index >= 15 is 0 Å². The van der Waals surface area contributed by atoms with Crippen LogP contribution in [0.2, 0.25) is 5.02 Å². The predicted molar refractivity (Wildman–Crippen MR) is 193 cm³/mol. The summed E-state index contributed by atoms with van der Waals surface area (Å²) in [6, 6.07) is 29.8. The van der Waals surface area contributed by atoms with Crippen molar-refractivity contribution in [2.45, 2.75) is 31.4 Å². The Labute approximate surface area is 291 Å². The maximum atomic E-state index is 14.3. The first-order chi connectivity index (χ1) is 23.4. The molecule has 2 heterocycles. The molecule has 10 heteroatoms. The smallest absolute Gasteiger partial charge is 0.338 e. The Morgan fingerprint density at radius 1 is 0.938 bits per heavy atom. The fourth-order valence-electron chi connectivity index (χ4n) is 5.47. The van der Waals surface area contributed by atoms with Crippen molar-refractivity contribution in [3.05, 3.63) is 150 Å². The highest BCUT2D eigenvalue weighted by atomic mass is 35.5. The zero-order valence-electron chi connectivity index (χ0n) is 26.6. The van der Waals surface area contributed by atoms with Crippen molar-refractivity contribution in [1.29, 1.82) is 0 Å². The van der Waals surface area contributed by atoms with Gasteiger partial charge < -0.3 is 14.2 Å². The van der Waals surface area contributed by atoms with E-state index in [2.05, 4.69) is 0 Å². The quantitative estimate of drug-likeness (QED) is 0.107. The van der Waals surface area contributed by atoms with Gasteiger partial charge in [0.15, 0.2) is 16.3 Å². The van der Waals surface area contributed by atoms with Gasteiger partial charge in [0, 0.05) is 21.0 Å². The molecule has 4 aromatic carbocycles. The van der Waals surface area contributed by atoms with Crippen molar-refractivity contribution in [1.82, 2.24) is 4.57 Å². The van der Waals surface area contributed by atoms with Gasteiger partial charge in [0.05, 0.1) is 35.1 Å². The van der Waals surface area contributed by atoms with Gasteiger partial charge in [0.2, 0.25) is 0 Å². The monoisotopic (exact) mass is 696 g/mol. The average molecular weight is 697 g/mol. The third kappa shape index (κ3) is 6.99. The standard InChI is InChI=1S/C38H33ClN2O5S2/c1-4-44-31-21-24(15-20-30(31)46-23-27-13-9-10-14-29(27)39)22-32-36(42)41-35(26-16-18-28(47-3)19-17-26)33(37(43)45-5-2)34(40-38(41)48-32)25-11-7-6-8-12-25/h6-22,35H,4-5,23H2,1-3H3/b32-22-/t35-/m0/s1. The second-order valence-corrected chi connectivity index (χ2v) is 13.0. The van der Waals surface area contributed by atoms with E-state index < -0.39 is 12.0 Å². The molecule has 0 spiro atoms. The van der Waals surface area contributed by atoms with Gasteiger partial charge in [-0.2, -0.15) is 0 Å². The molecule has 0 aliphatic carbocycles. The van der Waals surface area contributed by atoms with Crippen LogP contribution in [0, 0.1) is 0 Å². The molecule has 0 unspecified atom stereocenters. The highest BCUT2D eigenvalue weighted by Crippen LogP contribution is 2.36. The molecule has 0 radical (unpaired) electrons. The summed E-state index contributed by atoms with van der Waals surface area (Å²) >= 11 is 9.22. The minimum absolute atomic E-state index is 0.188. The van der Waals surface area contributed by atoms with Crippen LogP contribution in [0.1, 0.15) is 42.1 Å². The van der Waals surface area contributed by atoms with Crippen molar-refractivity contribution in [2.24, 2.45) is 4.99 Å². The predicted octanol–water partition coefficient (Wildman–Crippen LogP) is 7.29. The van der Waals surface area contributed by atoms with Crippen LogP contribution in [0.4, 0.5) is 0 Å². The van der Waals surface area contributed by atoms with E-state index in [4.69, 9.17) is 30.8 Å². The lowest BCUT2D eigenvalue weighted by molar-refractivity contribution is -0.138. The summed E-state index contributed by atoms with van der Waals surface area (Å²) < 4.78 is 19.7. The number of esters is 1. The highest BCUT2D eigenvalue weighted by Gasteiger charge is 2.35. The Morgan fingerprint density at radius 3 is 2.40 bits per heavy atom. The molecule has 0 amide bonds. The molecule has 0 bridgehead atoms. The van der Waals surface area contributed by atoms with Crippen LogP contribution in [0.15, 0.2) is 117 Å². The van der Waals surface area contributed by atoms with Crippen LogP contribution in [0.5, 0.6) is 11.5 Å². The molecule has 5 aromatic rings. The van der Waals surface area contributed by atoms with Gasteiger partial charge in [-0.15, -0.1) is 11.8 Å². The largest absolute Gasteiger partial charge is 0.490 e. The fourth-order valence-corrected chi connectivity index (χ4v) is 7.07. The van der Waals surface area contributed by atoms with Gasteiger partial charge in [-0.3, -0.25) is 9.36 Å². The summed E-state index contributed by atoms with van der Waals surface area (Å²) in [6.07, 6.45) is 3.82. The van der Waals surface area contributed by atoms with Crippen molar-refractivity contribution >= 4 is 52.4 Å². The van der Waals surface area contributed by atoms with Gasteiger partial charge in [0.1, 0.15) is 6.61 Å². The van der Waals surface area contributed by atoms with Crippen LogP contribution in [0.3, 0.4) is 0 Å². The minimum atomic E-state index is -0.742. The lowest BCUT2D eigenvalue weighted by Gasteiger charge is -2.26. The number of thioether (sulfide) groups is 1. The first kappa shape index (κ1) is 33.3. The summed E-state index contributed by atoms with van der Waals surface area (Å²) in [5.41, 5.74) is 3.70. The summed E-state index contributed by atoms with van der Waals surface area (Å²) in [5, 5.41) is 0.627. The normalized spacial score (nSPS) is 14.3. The summed E-state index contributed by atoms with van der Waals surface area (Å²) in [6.45, 7) is 4.57. The second kappa shape index (κ2) is 15.1. The van der Waals surface area contributed by atoms with E-state index in [0.717, 1.165) is 27.1 Å². The number of rotatable bonds is 11. The molecule has 244 valence electrons. The lowest BCUT2D eigenvalue weighted by atomic mass is 9.93. The van der Waals surface area contributed by atoms with Crippen LogP contribution in [-0.2, 0) is 16.1 Å². The Bertz CT molecular complexity index is 2160. The van der Waals surface area contributed by atoms with Crippen LogP contribution < -0.4 is 24.4 Å². The van der Waals surface area contributed by atoms with E-state index in [1.807, 2.05) is 116 Å². The number of thiazole rings is 1. The lowest BCUT2D eigenvalue weighted by Crippen LogP contribution is -2.40. The molecule has 1 aliphatic heterocycles. The third-order valence-corrected chi connectivity index (χ3v) is 9.81. The number of carbonyl (C=O) groups excluding carboxylic acids is 1. The molecule has 0 fully saturated rings. The van der Waals surface area contributed by atoms with E-state index in [-0.39, 0.29) is 18.8 Å².